The molecule has 25 heavy (non-hydrogen) atoms. The van der Waals surface area contributed by atoms with Crippen molar-refractivity contribution in [1.82, 2.24) is 14.8 Å². The van der Waals surface area contributed by atoms with E-state index in [2.05, 4.69) is 55.6 Å². The minimum absolute atomic E-state index is 0.476. The van der Waals surface area contributed by atoms with Gasteiger partial charge in [0.1, 0.15) is 6.54 Å². The average molecular weight is 341 g/mol. The summed E-state index contributed by atoms with van der Waals surface area (Å²) in [6.07, 6.45) is 3.71. The van der Waals surface area contributed by atoms with Crippen molar-refractivity contribution in [2.45, 2.75) is 13.1 Å². The van der Waals surface area contributed by atoms with E-state index in [1.807, 2.05) is 17.0 Å². The highest BCUT2D eigenvalue weighted by Gasteiger charge is 2.10. The molecular formula is C18H23N5O2+2. The van der Waals surface area contributed by atoms with Crippen LogP contribution in [0.5, 0.6) is 0 Å². The molecule has 0 atom stereocenters. The Morgan fingerprint density at radius 2 is 1.40 bits per heavy atom. The summed E-state index contributed by atoms with van der Waals surface area (Å²) in [6.45, 7) is 1.71. The highest BCUT2D eigenvalue weighted by Crippen LogP contribution is 2.09. The van der Waals surface area contributed by atoms with Crippen LogP contribution in [0.2, 0.25) is 0 Å². The molecule has 0 amide bonds. The third-order valence-corrected chi connectivity index (χ3v) is 3.86. The third kappa shape index (κ3) is 4.13. The summed E-state index contributed by atoms with van der Waals surface area (Å²) < 4.78 is 3.96. The van der Waals surface area contributed by atoms with Gasteiger partial charge in [0.25, 0.3) is 0 Å². The van der Waals surface area contributed by atoms with Gasteiger partial charge in [-0.15, -0.1) is 0 Å². The maximum absolute atomic E-state index is 11.6. The van der Waals surface area contributed by atoms with Crippen molar-refractivity contribution in [2.75, 3.05) is 21.1 Å². The number of benzene rings is 1. The first-order valence-electron chi connectivity index (χ1n) is 8.09. The maximum atomic E-state index is 11.6. The quantitative estimate of drug-likeness (QED) is 0.521. The first-order chi connectivity index (χ1) is 11.8. The Hall–Kier alpha value is -2.93. The normalized spacial score (nSPS) is 11.6. The van der Waals surface area contributed by atoms with E-state index in [0.29, 0.717) is 5.69 Å². The molecule has 2 N–H and O–H groups in total. The Balaban J connectivity index is 1.74. The second-order valence-electron chi connectivity index (χ2n) is 7.19. The molecule has 3 rings (SSSR count). The van der Waals surface area contributed by atoms with Crippen LogP contribution in [0.25, 0.3) is 5.69 Å². The van der Waals surface area contributed by atoms with E-state index >= 15 is 0 Å². The second-order valence-corrected chi connectivity index (χ2v) is 7.19. The van der Waals surface area contributed by atoms with Crippen molar-refractivity contribution in [3.63, 3.8) is 0 Å². The van der Waals surface area contributed by atoms with E-state index in [1.165, 1.54) is 11.1 Å². The summed E-state index contributed by atoms with van der Waals surface area (Å²) in [5.74, 6) is 0. The van der Waals surface area contributed by atoms with Crippen LogP contribution < -0.4 is 15.9 Å². The molecule has 0 saturated heterocycles. The topological polar surface area (TPSA) is 74.5 Å². The summed E-state index contributed by atoms with van der Waals surface area (Å²) in [7, 11) is 6.52. The van der Waals surface area contributed by atoms with Gasteiger partial charge in [-0.1, -0.05) is 24.3 Å². The number of pyridine rings is 1. The molecule has 7 nitrogen and oxygen atoms in total. The number of aromatic amines is 2. The van der Waals surface area contributed by atoms with Gasteiger partial charge in [0.2, 0.25) is 0 Å². The van der Waals surface area contributed by atoms with Crippen LogP contribution in [0.3, 0.4) is 0 Å². The van der Waals surface area contributed by atoms with Crippen LogP contribution in [0.1, 0.15) is 11.1 Å². The predicted octanol–water partition coefficient (Wildman–Crippen LogP) is 0.396. The summed E-state index contributed by atoms with van der Waals surface area (Å²) in [6, 6.07) is 12.1. The van der Waals surface area contributed by atoms with Gasteiger partial charge in [0.05, 0.1) is 26.8 Å². The fourth-order valence-corrected chi connectivity index (χ4v) is 2.76. The second kappa shape index (κ2) is 6.52. The Labute approximate surface area is 145 Å². The number of rotatable bonds is 5. The van der Waals surface area contributed by atoms with Gasteiger partial charge >= 0.3 is 11.4 Å². The zero-order chi connectivity index (χ0) is 18.0. The number of H-pyrrole nitrogens is 2. The molecule has 0 radical (unpaired) electrons. The minimum atomic E-state index is -0.476. The molecule has 0 fully saturated rings. The Bertz CT molecular complexity index is 929. The van der Waals surface area contributed by atoms with Crippen molar-refractivity contribution in [3.8, 4) is 5.69 Å². The van der Waals surface area contributed by atoms with Crippen LogP contribution in [-0.4, -0.2) is 40.4 Å². The first kappa shape index (κ1) is 16.9. The van der Waals surface area contributed by atoms with Gasteiger partial charge in [-0.05, 0) is 0 Å². The fraction of sp³-hybridized carbons (Fsp3) is 0.278. The van der Waals surface area contributed by atoms with Crippen LogP contribution in [0.15, 0.2) is 58.4 Å². The van der Waals surface area contributed by atoms with Crippen molar-refractivity contribution in [3.05, 3.63) is 80.9 Å². The van der Waals surface area contributed by atoms with Crippen molar-refractivity contribution >= 4 is 0 Å². The number of aromatic nitrogens is 4. The van der Waals surface area contributed by atoms with E-state index in [1.54, 1.807) is 12.1 Å². The average Bonchev–Trinajstić information content (AvgIpc) is 2.88. The smallest absolute Gasteiger partial charge is 0.327 e. The Morgan fingerprint density at radius 3 is 1.92 bits per heavy atom. The monoisotopic (exact) mass is 341 g/mol. The summed E-state index contributed by atoms with van der Waals surface area (Å²) in [5, 5.41) is 4.55. The lowest BCUT2D eigenvalue weighted by Crippen LogP contribution is -2.34. The summed E-state index contributed by atoms with van der Waals surface area (Å²) >= 11 is 0. The molecule has 0 spiro atoms. The molecule has 7 heteroatoms. The van der Waals surface area contributed by atoms with Crippen LogP contribution >= 0.6 is 0 Å². The summed E-state index contributed by atoms with van der Waals surface area (Å²) in [5.41, 5.74) is 2.08. The van der Waals surface area contributed by atoms with E-state index in [0.717, 1.165) is 22.1 Å². The SMILES string of the molecule is C[N+](C)(C)Cc1ccc(C[n+]2ccc(-n3c(=O)[nH][nH]c3=O)cc2)cc1. The maximum Gasteiger partial charge on any atom is 0.348 e. The molecule has 1 aromatic carbocycles. The third-order valence-electron chi connectivity index (χ3n) is 3.86. The summed E-state index contributed by atoms with van der Waals surface area (Å²) in [4.78, 5) is 23.2. The number of quaternary nitrogens is 1. The van der Waals surface area contributed by atoms with E-state index in [9.17, 15) is 9.59 Å². The van der Waals surface area contributed by atoms with E-state index in [-0.39, 0.29) is 0 Å². The number of nitrogens with zero attached hydrogens (tertiary/aromatic N) is 3. The van der Waals surface area contributed by atoms with Gasteiger partial charge in [-0.25, -0.2) is 28.9 Å². The zero-order valence-corrected chi connectivity index (χ0v) is 14.7. The van der Waals surface area contributed by atoms with Crippen LogP contribution in [0.4, 0.5) is 0 Å². The molecule has 2 aromatic heterocycles. The van der Waals surface area contributed by atoms with Crippen molar-refractivity contribution < 1.29 is 9.05 Å². The minimum Gasteiger partial charge on any atom is -0.327 e. The first-order valence-corrected chi connectivity index (χ1v) is 8.09. The highest BCUT2D eigenvalue weighted by atomic mass is 16.2. The molecule has 0 aliphatic rings. The van der Waals surface area contributed by atoms with Gasteiger partial charge in [0.15, 0.2) is 18.9 Å². The van der Waals surface area contributed by atoms with Gasteiger partial charge in [-0.2, -0.15) is 0 Å². The standard InChI is InChI=1S/C18H21N5O2/c1-23(2,3)13-15-6-4-14(5-7-15)12-21-10-8-16(9-11-21)22-17(24)19-20-18(22)25/h4-11H,12-13H2,1-3H3/p+2. The van der Waals surface area contributed by atoms with Gasteiger partial charge in [-0.3, -0.25) is 0 Å². The molecular weight excluding hydrogens is 318 g/mol. The number of nitrogens with one attached hydrogen (secondary N) is 2. The largest absolute Gasteiger partial charge is 0.348 e. The van der Waals surface area contributed by atoms with E-state index in [4.69, 9.17) is 0 Å². The predicted molar refractivity (Wildman–Crippen MR) is 94.5 cm³/mol. The molecule has 2 heterocycles. The Morgan fingerprint density at radius 1 is 0.880 bits per heavy atom. The van der Waals surface area contributed by atoms with Crippen LogP contribution in [0, 0.1) is 0 Å². The van der Waals surface area contributed by atoms with Gasteiger partial charge < -0.3 is 4.48 Å². The van der Waals surface area contributed by atoms with Crippen molar-refractivity contribution in [2.24, 2.45) is 0 Å². The Kier molecular flexibility index (Phi) is 4.41. The fourth-order valence-electron chi connectivity index (χ4n) is 2.76. The highest BCUT2D eigenvalue weighted by molar-refractivity contribution is 5.26. The van der Waals surface area contributed by atoms with E-state index < -0.39 is 11.4 Å². The molecule has 130 valence electrons. The lowest BCUT2D eigenvalue weighted by Gasteiger charge is -2.23. The van der Waals surface area contributed by atoms with Crippen molar-refractivity contribution in [1.29, 1.82) is 0 Å². The molecule has 0 unspecified atom stereocenters. The molecule has 0 saturated carbocycles. The zero-order valence-electron chi connectivity index (χ0n) is 14.7. The molecule has 0 aliphatic heterocycles. The number of hydrogen-bond acceptors (Lipinski definition) is 2. The lowest BCUT2D eigenvalue weighted by atomic mass is 10.1. The number of hydrogen-bond donors (Lipinski definition) is 2. The lowest BCUT2D eigenvalue weighted by molar-refractivity contribution is -0.884. The molecule has 3 aromatic rings. The van der Waals surface area contributed by atoms with Crippen LogP contribution in [-0.2, 0) is 13.1 Å². The molecule has 0 bridgehead atoms. The molecule has 0 aliphatic carbocycles. The van der Waals surface area contributed by atoms with Gasteiger partial charge in [0, 0.05) is 23.3 Å².